The predicted molar refractivity (Wildman–Crippen MR) is 89.0 cm³/mol. The normalized spacial score (nSPS) is 12.6. The number of nitrogens with two attached hydrogens (primary N) is 1. The maximum atomic E-state index is 6.09. The zero-order valence-electron chi connectivity index (χ0n) is 14.0. The van der Waals surface area contributed by atoms with Crippen LogP contribution in [0.5, 0.6) is 5.75 Å². The molecule has 1 aromatic rings. The minimum absolute atomic E-state index is 0.237. The van der Waals surface area contributed by atoms with Crippen LogP contribution < -0.4 is 10.5 Å². The highest BCUT2D eigenvalue weighted by Crippen LogP contribution is 2.36. The van der Waals surface area contributed by atoms with Crippen molar-refractivity contribution in [2.45, 2.75) is 52.8 Å². The van der Waals surface area contributed by atoms with Crippen molar-refractivity contribution in [3.63, 3.8) is 0 Å². The summed E-state index contributed by atoms with van der Waals surface area (Å²) in [4.78, 5) is 0. The third-order valence-electron chi connectivity index (χ3n) is 4.19. The number of benzene rings is 1. The molecular weight excluding hydrogens is 266 g/mol. The first-order chi connectivity index (χ1) is 9.04. The lowest BCUT2D eigenvalue weighted by atomic mass is 10.1. The largest absolute Gasteiger partial charge is 0.491 e. The van der Waals surface area contributed by atoms with Gasteiger partial charge in [-0.05, 0) is 55.2 Å². The van der Waals surface area contributed by atoms with Crippen LogP contribution in [0.2, 0.25) is 18.1 Å². The maximum absolute atomic E-state index is 6.09. The summed E-state index contributed by atoms with van der Waals surface area (Å²) in [6, 6.07) is 3.96. The highest BCUT2D eigenvalue weighted by atomic mass is 28.4. The van der Waals surface area contributed by atoms with E-state index in [-0.39, 0.29) is 5.04 Å². The Morgan fingerprint density at radius 1 is 1.05 bits per heavy atom. The van der Waals surface area contributed by atoms with Gasteiger partial charge in [0, 0.05) is 5.69 Å². The molecule has 1 aromatic carbocycles. The van der Waals surface area contributed by atoms with Crippen molar-refractivity contribution in [1.82, 2.24) is 0 Å². The molecule has 2 N–H and O–H groups in total. The molecule has 0 aliphatic carbocycles. The van der Waals surface area contributed by atoms with Crippen LogP contribution in [0.1, 0.15) is 31.9 Å². The van der Waals surface area contributed by atoms with Gasteiger partial charge in [-0.25, -0.2) is 0 Å². The molecule has 0 aliphatic rings. The van der Waals surface area contributed by atoms with Gasteiger partial charge >= 0.3 is 0 Å². The monoisotopic (exact) mass is 295 g/mol. The van der Waals surface area contributed by atoms with Gasteiger partial charge < -0.3 is 14.9 Å². The molecule has 114 valence electrons. The molecule has 4 heteroatoms. The summed E-state index contributed by atoms with van der Waals surface area (Å²) < 4.78 is 11.9. The Bertz CT molecular complexity index is 441. The smallest absolute Gasteiger partial charge is 0.192 e. The van der Waals surface area contributed by atoms with E-state index in [1.54, 1.807) is 0 Å². The summed E-state index contributed by atoms with van der Waals surface area (Å²) in [6.45, 7) is 16.5. The van der Waals surface area contributed by atoms with Crippen LogP contribution in [0.4, 0.5) is 5.69 Å². The summed E-state index contributed by atoms with van der Waals surface area (Å²) in [5.41, 5.74) is 8.90. The topological polar surface area (TPSA) is 44.5 Å². The molecule has 0 bridgehead atoms. The fourth-order valence-electron chi connectivity index (χ4n) is 1.69. The number of aryl methyl sites for hydroxylation is 2. The molecule has 0 fully saturated rings. The van der Waals surface area contributed by atoms with Gasteiger partial charge in [-0.15, -0.1) is 0 Å². The number of rotatable bonds is 5. The fourth-order valence-corrected chi connectivity index (χ4v) is 2.72. The average molecular weight is 295 g/mol. The number of ether oxygens (including phenoxy) is 1. The van der Waals surface area contributed by atoms with Crippen LogP contribution in [-0.2, 0) is 4.43 Å². The van der Waals surface area contributed by atoms with E-state index in [1.165, 1.54) is 0 Å². The lowest BCUT2D eigenvalue weighted by Gasteiger charge is -2.36. The second kappa shape index (κ2) is 6.18. The second-order valence-corrected chi connectivity index (χ2v) is 11.7. The number of hydrogen-bond donors (Lipinski definition) is 1. The minimum atomic E-state index is -1.67. The van der Waals surface area contributed by atoms with Crippen LogP contribution in [0.3, 0.4) is 0 Å². The molecule has 0 aliphatic heterocycles. The lowest BCUT2D eigenvalue weighted by molar-refractivity contribution is 0.203. The Hall–Kier alpha value is -1.00. The van der Waals surface area contributed by atoms with Crippen molar-refractivity contribution < 1.29 is 9.16 Å². The zero-order valence-corrected chi connectivity index (χ0v) is 15.0. The second-order valence-electron chi connectivity index (χ2n) is 6.93. The van der Waals surface area contributed by atoms with Crippen LogP contribution in [0.25, 0.3) is 0 Å². The lowest BCUT2D eigenvalue weighted by Crippen LogP contribution is -2.41. The molecule has 20 heavy (non-hydrogen) atoms. The first-order valence-corrected chi connectivity index (χ1v) is 10.1. The molecule has 3 nitrogen and oxygen atoms in total. The summed E-state index contributed by atoms with van der Waals surface area (Å²) >= 11 is 0. The van der Waals surface area contributed by atoms with Crippen molar-refractivity contribution in [1.29, 1.82) is 0 Å². The molecule has 0 saturated carbocycles. The maximum Gasteiger partial charge on any atom is 0.192 e. The molecule has 0 saturated heterocycles. The molecule has 0 heterocycles. The Morgan fingerprint density at radius 3 is 2.00 bits per heavy atom. The number of anilines is 1. The summed E-state index contributed by atoms with van der Waals surface area (Å²) in [6.07, 6.45) is 0. The van der Waals surface area contributed by atoms with Gasteiger partial charge in [-0.1, -0.05) is 20.8 Å². The van der Waals surface area contributed by atoms with E-state index in [9.17, 15) is 0 Å². The predicted octanol–water partition coefficient (Wildman–Crippen LogP) is 4.29. The minimum Gasteiger partial charge on any atom is -0.491 e. The number of hydrogen-bond acceptors (Lipinski definition) is 3. The van der Waals surface area contributed by atoms with E-state index in [1.807, 2.05) is 26.0 Å². The zero-order chi connectivity index (χ0) is 15.6. The number of nitrogen functional groups attached to an aromatic ring is 1. The van der Waals surface area contributed by atoms with E-state index in [0.29, 0.717) is 13.2 Å². The highest BCUT2D eigenvalue weighted by Gasteiger charge is 2.36. The molecule has 0 amide bonds. The van der Waals surface area contributed by atoms with E-state index >= 15 is 0 Å². The summed E-state index contributed by atoms with van der Waals surface area (Å²) in [5, 5.41) is 0.237. The van der Waals surface area contributed by atoms with Gasteiger partial charge in [0.05, 0.1) is 6.61 Å². The first kappa shape index (κ1) is 17.0. The van der Waals surface area contributed by atoms with E-state index in [4.69, 9.17) is 14.9 Å². The van der Waals surface area contributed by atoms with Crippen molar-refractivity contribution in [3.05, 3.63) is 23.3 Å². The molecule has 0 aromatic heterocycles. The molecule has 0 atom stereocenters. The van der Waals surface area contributed by atoms with E-state index in [0.717, 1.165) is 22.6 Å². The van der Waals surface area contributed by atoms with Gasteiger partial charge in [-0.2, -0.15) is 0 Å². The van der Waals surface area contributed by atoms with Crippen molar-refractivity contribution in [2.24, 2.45) is 0 Å². The average Bonchev–Trinajstić information content (AvgIpc) is 2.30. The van der Waals surface area contributed by atoms with Crippen LogP contribution in [0, 0.1) is 13.8 Å². The third-order valence-corrected chi connectivity index (χ3v) is 8.73. The Kier molecular flexibility index (Phi) is 5.27. The quantitative estimate of drug-likeness (QED) is 0.501. The van der Waals surface area contributed by atoms with Crippen LogP contribution >= 0.6 is 0 Å². The molecule has 0 radical (unpaired) electrons. The van der Waals surface area contributed by atoms with Crippen LogP contribution in [-0.4, -0.2) is 21.5 Å². The highest BCUT2D eigenvalue weighted by molar-refractivity contribution is 6.74. The molecule has 0 unspecified atom stereocenters. The summed E-state index contributed by atoms with van der Waals surface area (Å²) in [5.74, 6) is 0.869. The van der Waals surface area contributed by atoms with Gasteiger partial charge in [0.25, 0.3) is 0 Å². The fraction of sp³-hybridized carbons (Fsp3) is 0.625. The van der Waals surface area contributed by atoms with Crippen molar-refractivity contribution in [2.75, 3.05) is 18.9 Å². The standard InChI is InChI=1S/C16H29NO2Si/c1-12-10-14(11-13(2)15(12)17)18-8-9-19-20(6,7)16(3,4)5/h10-11H,8-9,17H2,1-7H3. The van der Waals surface area contributed by atoms with Crippen molar-refractivity contribution >= 4 is 14.0 Å². The van der Waals surface area contributed by atoms with E-state index in [2.05, 4.69) is 33.9 Å². The Morgan fingerprint density at radius 2 is 1.55 bits per heavy atom. The molecule has 0 spiro atoms. The van der Waals surface area contributed by atoms with Gasteiger partial charge in [0.2, 0.25) is 0 Å². The molecule has 1 rings (SSSR count). The van der Waals surface area contributed by atoms with Crippen molar-refractivity contribution in [3.8, 4) is 5.75 Å². The van der Waals surface area contributed by atoms with Crippen LogP contribution in [0.15, 0.2) is 12.1 Å². The molecular formula is C16H29NO2Si. The van der Waals surface area contributed by atoms with Gasteiger partial charge in [-0.3, -0.25) is 0 Å². The van der Waals surface area contributed by atoms with E-state index < -0.39 is 8.32 Å². The first-order valence-electron chi connectivity index (χ1n) is 7.18. The Balaban J connectivity index is 2.50. The van der Waals surface area contributed by atoms with Gasteiger partial charge in [0.15, 0.2) is 8.32 Å². The third kappa shape index (κ3) is 4.25. The SMILES string of the molecule is Cc1cc(OCCO[Si](C)(C)C(C)(C)C)cc(C)c1N. The summed E-state index contributed by atoms with van der Waals surface area (Å²) in [7, 11) is -1.67. The Labute approximate surface area is 124 Å². The van der Waals surface area contributed by atoms with Gasteiger partial charge in [0.1, 0.15) is 12.4 Å².